The molecule has 0 fully saturated rings. The number of benzene rings is 2. The van der Waals surface area contributed by atoms with Crippen molar-refractivity contribution in [2.45, 2.75) is 38.1 Å². The largest absolute Gasteiger partial charge is 0.386 e. The van der Waals surface area contributed by atoms with Gasteiger partial charge in [0.2, 0.25) is 17.7 Å². The lowest BCUT2D eigenvalue weighted by molar-refractivity contribution is -0.136. The Morgan fingerprint density at radius 2 is 1.62 bits per heavy atom. The van der Waals surface area contributed by atoms with E-state index < -0.39 is 54.1 Å². The van der Waals surface area contributed by atoms with E-state index in [1.165, 1.54) is 4.90 Å². The molecule has 0 unspecified atom stereocenters. The van der Waals surface area contributed by atoms with Gasteiger partial charge in [0.25, 0.3) is 0 Å². The van der Waals surface area contributed by atoms with E-state index in [1.54, 1.807) is 24.3 Å². The Bertz CT molecular complexity index is 1060. The lowest BCUT2D eigenvalue weighted by atomic mass is 9.99. The molecule has 0 aliphatic heterocycles. The molecule has 0 spiro atoms. The van der Waals surface area contributed by atoms with Gasteiger partial charge in [-0.2, -0.15) is 0 Å². The summed E-state index contributed by atoms with van der Waals surface area (Å²) in [5.41, 5.74) is 18.1. The van der Waals surface area contributed by atoms with Crippen molar-refractivity contribution in [3.63, 3.8) is 0 Å². The second-order valence-electron chi connectivity index (χ2n) is 8.56. The zero-order chi connectivity index (χ0) is 27.5. The number of carbonyl (C=O) groups is 3. The number of aliphatic hydroxyl groups excluding tert-OH is 1. The van der Waals surface area contributed by atoms with Crippen LogP contribution in [0.15, 0.2) is 42.5 Å². The second kappa shape index (κ2) is 14.3. The van der Waals surface area contributed by atoms with Crippen molar-refractivity contribution in [2.24, 2.45) is 17.2 Å². The van der Waals surface area contributed by atoms with Crippen molar-refractivity contribution in [1.82, 2.24) is 15.5 Å². The molecule has 0 saturated heterocycles. The molecule has 0 aliphatic rings. The lowest BCUT2D eigenvalue weighted by Crippen LogP contribution is -2.55. The minimum Gasteiger partial charge on any atom is -0.386 e. The highest BCUT2D eigenvalue weighted by Gasteiger charge is 2.32. The smallest absolute Gasteiger partial charge is 0.245 e. The number of carbonyl (C=O) groups excluding carboxylic acids is 3. The number of aliphatic hydroxyl groups is 1. The van der Waals surface area contributed by atoms with Gasteiger partial charge in [0.1, 0.15) is 23.8 Å². The number of nitrogens with one attached hydrogen (secondary N) is 2. The summed E-state index contributed by atoms with van der Waals surface area (Å²) in [4.78, 5) is 39.7. The molecule has 12 heteroatoms. The van der Waals surface area contributed by atoms with E-state index in [0.717, 1.165) is 23.8 Å². The number of nitrogens with zero attached hydrogens (tertiary/aromatic N) is 1. The van der Waals surface area contributed by atoms with Crippen molar-refractivity contribution in [1.29, 1.82) is 0 Å². The zero-order valence-electron chi connectivity index (χ0n) is 20.6. The summed E-state index contributed by atoms with van der Waals surface area (Å²) in [6.07, 6.45) is -1.88. The fourth-order valence-electron chi connectivity index (χ4n) is 3.56. The van der Waals surface area contributed by atoms with Crippen LogP contribution in [0.3, 0.4) is 0 Å². The van der Waals surface area contributed by atoms with Crippen LogP contribution in [0.25, 0.3) is 0 Å². The molecular formula is C25H34F2N6O4. The molecule has 0 heterocycles. The molecule has 2 aromatic rings. The van der Waals surface area contributed by atoms with Crippen LogP contribution in [0.4, 0.5) is 8.78 Å². The van der Waals surface area contributed by atoms with Crippen LogP contribution in [-0.2, 0) is 20.9 Å². The van der Waals surface area contributed by atoms with Crippen molar-refractivity contribution < 1.29 is 28.3 Å². The van der Waals surface area contributed by atoms with Crippen LogP contribution in [0, 0.1) is 18.6 Å². The quantitative estimate of drug-likeness (QED) is 0.208. The molecule has 2 rings (SSSR count). The lowest BCUT2D eigenvalue weighted by Gasteiger charge is -2.26. The molecule has 37 heavy (non-hydrogen) atoms. The number of aryl methyl sites for hydroxylation is 1. The minimum absolute atomic E-state index is 0.120. The van der Waals surface area contributed by atoms with Gasteiger partial charge in [0, 0.05) is 38.3 Å². The standard InChI is InChI=1S/C25H34F2N6O4/c1-15-2-4-16(5-3-15)23(35)22(25(37)31-14-17-12-18(26)6-7-19(17)27)32-24(36)20(30)13-21(34)33(10-8-28)11-9-29/h2-7,12,20,22-23,35H,8-11,13-14,28-30H2,1H3,(H,31,37)(H,32,36)/t20-,22-,23+/m0/s1. The van der Waals surface area contributed by atoms with Gasteiger partial charge in [-0.25, -0.2) is 8.78 Å². The zero-order valence-corrected chi connectivity index (χ0v) is 20.6. The SMILES string of the molecule is Cc1ccc([C@@H](O)[C@H](NC(=O)[C@@H](N)CC(=O)N(CCN)CCN)C(=O)NCc2cc(F)ccc2F)cc1. The first-order valence-electron chi connectivity index (χ1n) is 11.8. The molecule has 3 atom stereocenters. The first kappa shape index (κ1) is 29.8. The molecule has 202 valence electrons. The van der Waals surface area contributed by atoms with Crippen molar-refractivity contribution in [3.05, 3.63) is 70.8 Å². The summed E-state index contributed by atoms with van der Waals surface area (Å²) in [6, 6.07) is 6.50. The minimum atomic E-state index is -1.54. The van der Waals surface area contributed by atoms with Crippen LogP contribution in [-0.4, -0.2) is 66.0 Å². The monoisotopic (exact) mass is 520 g/mol. The van der Waals surface area contributed by atoms with Crippen molar-refractivity contribution >= 4 is 17.7 Å². The second-order valence-corrected chi connectivity index (χ2v) is 8.56. The fraction of sp³-hybridized carbons (Fsp3) is 0.400. The van der Waals surface area contributed by atoms with Crippen LogP contribution in [0.1, 0.15) is 29.2 Å². The summed E-state index contributed by atoms with van der Waals surface area (Å²) < 4.78 is 27.5. The van der Waals surface area contributed by atoms with Crippen LogP contribution >= 0.6 is 0 Å². The van der Waals surface area contributed by atoms with E-state index in [0.29, 0.717) is 5.56 Å². The highest BCUT2D eigenvalue weighted by Crippen LogP contribution is 2.19. The molecular weight excluding hydrogens is 486 g/mol. The number of nitrogens with two attached hydrogens (primary N) is 3. The Labute approximate surface area is 214 Å². The average Bonchev–Trinajstić information content (AvgIpc) is 2.87. The van der Waals surface area contributed by atoms with E-state index in [4.69, 9.17) is 17.2 Å². The van der Waals surface area contributed by atoms with Gasteiger partial charge in [0.15, 0.2) is 0 Å². The maximum absolute atomic E-state index is 14.0. The average molecular weight is 521 g/mol. The third kappa shape index (κ3) is 8.86. The van der Waals surface area contributed by atoms with E-state index in [2.05, 4.69) is 10.6 Å². The van der Waals surface area contributed by atoms with E-state index in [9.17, 15) is 28.3 Å². The topological polar surface area (TPSA) is 177 Å². The summed E-state index contributed by atoms with van der Waals surface area (Å²) in [7, 11) is 0. The maximum atomic E-state index is 14.0. The number of hydrogen-bond acceptors (Lipinski definition) is 7. The highest BCUT2D eigenvalue weighted by molar-refractivity contribution is 5.92. The Balaban J connectivity index is 2.18. The van der Waals surface area contributed by atoms with Crippen LogP contribution in [0.2, 0.25) is 0 Å². The van der Waals surface area contributed by atoms with Crippen LogP contribution in [0.5, 0.6) is 0 Å². The van der Waals surface area contributed by atoms with E-state index >= 15 is 0 Å². The normalized spacial score (nSPS) is 13.4. The summed E-state index contributed by atoms with van der Waals surface area (Å²) >= 11 is 0. The summed E-state index contributed by atoms with van der Waals surface area (Å²) in [5.74, 6) is -3.60. The number of hydrogen-bond donors (Lipinski definition) is 6. The van der Waals surface area contributed by atoms with Gasteiger partial charge in [-0.05, 0) is 30.7 Å². The van der Waals surface area contributed by atoms with Crippen LogP contribution < -0.4 is 27.8 Å². The van der Waals surface area contributed by atoms with Gasteiger partial charge in [0.05, 0.1) is 12.5 Å². The Kier molecular flexibility index (Phi) is 11.5. The maximum Gasteiger partial charge on any atom is 0.245 e. The molecule has 0 aliphatic carbocycles. The first-order chi connectivity index (χ1) is 17.6. The fourth-order valence-corrected chi connectivity index (χ4v) is 3.56. The van der Waals surface area contributed by atoms with Crippen molar-refractivity contribution in [2.75, 3.05) is 26.2 Å². The molecule has 0 aromatic heterocycles. The molecule has 0 bridgehead atoms. The summed E-state index contributed by atoms with van der Waals surface area (Å²) in [6.45, 7) is 2.31. The predicted molar refractivity (Wildman–Crippen MR) is 134 cm³/mol. The van der Waals surface area contributed by atoms with Gasteiger partial charge < -0.3 is 37.8 Å². The summed E-state index contributed by atoms with van der Waals surface area (Å²) in [5, 5.41) is 15.7. The molecule has 2 aromatic carbocycles. The van der Waals surface area contributed by atoms with Gasteiger partial charge in [-0.15, -0.1) is 0 Å². The van der Waals surface area contributed by atoms with E-state index in [-0.39, 0.29) is 38.2 Å². The first-order valence-corrected chi connectivity index (χ1v) is 11.8. The third-order valence-corrected chi connectivity index (χ3v) is 5.66. The number of rotatable bonds is 13. The third-order valence-electron chi connectivity index (χ3n) is 5.66. The molecule has 0 saturated carbocycles. The molecule has 0 radical (unpaired) electrons. The molecule has 3 amide bonds. The van der Waals surface area contributed by atoms with Gasteiger partial charge >= 0.3 is 0 Å². The number of amides is 3. The molecule has 10 nitrogen and oxygen atoms in total. The Morgan fingerprint density at radius 3 is 2.22 bits per heavy atom. The predicted octanol–water partition coefficient (Wildman–Crippen LogP) is -0.429. The Morgan fingerprint density at radius 1 is 1.00 bits per heavy atom. The van der Waals surface area contributed by atoms with Crippen molar-refractivity contribution in [3.8, 4) is 0 Å². The number of halogens is 2. The van der Waals surface area contributed by atoms with Gasteiger partial charge in [-0.1, -0.05) is 29.8 Å². The Hall–Kier alpha value is -3.45. The highest BCUT2D eigenvalue weighted by atomic mass is 19.1. The van der Waals surface area contributed by atoms with E-state index in [1.807, 2.05) is 6.92 Å². The molecule has 9 N–H and O–H groups in total. The van der Waals surface area contributed by atoms with Gasteiger partial charge in [-0.3, -0.25) is 14.4 Å².